The standard InChI is InChI=1S/C20H23NO2/c22-20(23)18-11-13-21(14-12-18)19(17-9-5-2-6-10-17)15-16-7-3-1-4-8-16/h1-10,18-19H,11-15H2,(H,22,23). The van der Waals surface area contributed by atoms with Gasteiger partial charge in [0.1, 0.15) is 0 Å². The van der Waals surface area contributed by atoms with E-state index in [4.69, 9.17) is 0 Å². The van der Waals surface area contributed by atoms with Gasteiger partial charge in [-0.1, -0.05) is 60.7 Å². The van der Waals surface area contributed by atoms with Gasteiger partial charge in [-0.05, 0) is 43.5 Å². The fraction of sp³-hybridized carbons (Fsp3) is 0.350. The number of benzene rings is 2. The number of carboxylic acids is 1. The van der Waals surface area contributed by atoms with Gasteiger partial charge in [-0.2, -0.15) is 0 Å². The summed E-state index contributed by atoms with van der Waals surface area (Å²) >= 11 is 0. The Kier molecular flexibility index (Phi) is 5.09. The summed E-state index contributed by atoms with van der Waals surface area (Å²) in [7, 11) is 0. The fourth-order valence-electron chi connectivity index (χ4n) is 3.43. The van der Waals surface area contributed by atoms with Gasteiger partial charge in [0.25, 0.3) is 0 Å². The molecule has 1 N–H and O–H groups in total. The molecule has 0 saturated carbocycles. The van der Waals surface area contributed by atoms with Crippen molar-refractivity contribution in [3.8, 4) is 0 Å². The van der Waals surface area contributed by atoms with E-state index in [1.165, 1.54) is 11.1 Å². The molecule has 1 atom stereocenters. The summed E-state index contributed by atoms with van der Waals surface area (Å²) in [6.45, 7) is 1.70. The van der Waals surface area contributed by atoms with Crippen molar-refractivity contribution in [1.82, 2.24) is 4.90 Å². The monoisotopic (exact) mass is 309 g/mol. The van der Waals surface area contributed by atoms with E-state index in [-0.39, 0.29) is 5.92 Å². The Morgan fingerprint density at radius 2 is 1.57 bits per heavy atom. The summed E-state index contributed by atoms with van der Waals surface area (Å²) in [6, 6.07) is 21.4. The van der Waals surface area contributed by atoms with Crippen LogP contribution < -0.4 is 0 Å². The van der Waals surface area contributed by atoms with Crippen LogP contribution in [-0.2, 0) is 11.2 Å². The lowest BCUT2D eigenvalue weighted by molar-refractivity contribution is -0.143. The molecule has 3 rings (SSSR count). The number of hydrogen-bond acceptors (Lipinski definition) is 2. The van der Waals surface area contributed by atoms with Gasteiger partial charge in [-0.15, -0.1) is 0 Å². The lowest BCUT2D eigenvalue weighted by Gasteiger charge is -2.37. The van der Waals surface area contributed by atoms with Crippen molar-refractivity contribution in [3.05, 3.63) is 71.8 Å². The van der Waals surface area contributed by atoms with E-state index in [0.717, 1.165) is 32.4 Å². The first kappa shape index (κ1) is 15.8. The fourth-order valence-corrected chi connectivity index (χ4v) is 3.43. The Bertz CT molecular complexity index is 619. The SMILES string of the molecule is O=C(O)C1CCN(C(Cc2ccccc2)c2ccccc2)CC1. The van der Waals surface area contributed by atoms with Gasteiger partial charge < -0.3 is 5.11 Å². The van der Waals surface area contributed by atoms with Crippen LogP contribution >= 0.6 is 0 Å². The summed E-state index contributed by atoms with van der Waals surface area (Å²) in [6.07, 6.45) is 2.45. The molecule has 3 nitrogen and oxygen atoms in total. The molecule has 1 fully saturated rings. The number of hydrogen-bond donors (Lipinski definition) is 1. The first-order chi connectivity index (χ1) is 11.2. The van der Waals surface area contributed by atoms with Crippen LogP contribution in [0.3, 0.4) is 0 Å². The van der Waals surface area contributed by atoms with Gasteiger partial charge in [-0.3, -0.25) is 9.69 Å². The molecule has 3 heteroatoms. The van der Waals surface area contributed by atoms with Crippen molar-refractivity contribution in [3.63, 3.8) is 0 Å². The number of carbonyl (C=O) groups is 1. The first-order valence-electron chi connectivity index (χ1n) is 8.30. The highest BCUT2D eigenvalue weighted by Gasteiger charge is 2.29. The maximum absolute atomic E-state index is 11.2. The van der Waals surface area contributed by atoms with E-state index >= 15 is 0 Å². The number of nitrogens with zero attached hydrogens (tertiary/aromatic N) is 1. The molecule has 1 saturated heterocycles. The molecule has 0 aromatic heterocycles. The molecular formula is C20H23NO2. The Balaban J connectivity index is 1.77. The molecule has 0 spiro atoms. The third-order valence-electron chi connectivity index (χ3n) is 4.78. The highest BCUT2D eigenvalue weighted by atomic mass is 16.4. The first-order valence-corrected chi connectivity index (χ1v) is 8.30. The van der Waals surface area contributed by atoms with Crippen LogP contribution in [0.2, 0.25) is 0 Å². The number of carboxylic acid groups (broad SMARTS) is 1. The Morgan fingerprint density at radius 3 is 2.13 bits per heavy atom. The van der Waals surface area contributed by atoms with E-state index in [1.54, 1.807) is 0 Å². The molecule has 0 bridgehead atoms. The van der Waals surface area contributed by atoms with Crippen molar-refractivity contribution in [1.29, 1.82) is 0 Å². The second-order valence-corrected chi connectivity index (χ2v) is 6.26. The zero-order valence-corrected chi connectivity index (χ0v) is 13.3. The van der Waals surface area contributed by atoms with E-state index in [9.17, 15) is 9.90 Å². The number of aliphatic carboxylic acids is 1. The zero-order valence-electron chi connectivity index (χ0n) is 13.3. The van der Waals surface area contributed by atoms with Crippen molar-refractivity contribution < 1.29 is 9.90 Å². The van der Waals surface area contributed by atoms with Crippen LogP contribution in [0.1, 0.15) is 30.0 Å². The smallest absolute Gasteiger partial charge is 0.306 e. The van der Waals surface area contributed by atoms with Crippen molar-refractivity contribution in [2.24, 2.45) is 5.92 Å². The number of rotatable bonds is 5. The number of piperidine rings is 1. The van der Waals surface area contributed by atoms with Gasteiger partial charge in [0.15, 0.2) is 0 Å². The summed E-state index contributed by atoms with van der Waals surface area (Å²) in [4.78, 5) is 13.6. The average molecular weight is 309 g/mol. The molecule has 2 aromatic rings. The third-order valence-corrected chi connectivity index (χ3v) is 4.78. The molecule has 120 valence electrons. The van der Waals surface area contributed by atoms with Gasteiger partial charge in [0.2, 0.25) is 0 Å². The minimum absolute atomic E-state index is 0.181. The molecule has 0 aliphatic carbocycles. The zero-order chi connectivity index (χ0) is 16.1. The number of likely N-dealkylation sites (tertiary alicyclic amines) is 1. The topological polar surface area (TPSA) is 40.5 Å². The van der Waals surface area contributed by atoms with E-state index < -0.39 is 5.97 Å². The molecule has 2 aromatic carbocycles. The second kappa shape index (κ2) is 7.42. The van der Waals surface area contributed by atoms with Gasteiger partial charge in [-0.25, -0.2) is 0 Å². The maximum Gasteiger partial charge on any atom is 0.306 e. The van der Waals surface area contributed by atoms with Gasteiger partial charge >= 0.3 is 5.97 Å². The quantitative estimate of drug-likeness (QED) is 0.914. The average Bonchev–Trinajstić information content (AvgIpc) is 2.61. The Morgan fingerprint density at radius 1 is 1.00 bits per heavy atom. The van der Waals surface area contributed by atoms with Crippen LogP contribution in [0.25, 0.3) is 0 Å². The molecule has 0 radical (unpaired) electrons. The second-order valence-electron chi connectivity index (χ2n) is 6.26. The summed E-state index contributed by atoms with van der Waals surface area (Å²) in [5.41, 5.74) is 2.63. The normalized spacial score (nSPS) is 17.7. The molecule has 1 aliphatic rings. The van der Waals surface area contributed by atoms with Gasteiger partial charge in [0, 0.05) is 6.04 Å². The predicted octanol–water partition coefficient (Wildman–Crippen LogP) is 3.77. The molecule has 23 heavy (non-hydrogen) atoms. The summed E-state index contributed by atoms with van der Waals surface area (Å²) in [5, 5.41) is 9.20. The lowest BCUT2D eigenvalue weighted by Crippen LogP contribution is -2.39. The predicted molar refractivity (Wildman–Crippen MR) is 91.3 cm³/mol. The molecule has 1 aliphatic heterocycles. The molecule has 1 unspecified atom stereocenters. The van der Waals surface area contributed by atoms with E-state index in [2.05, 4.69) is 53.4 Å². The third kappa shape index (κ3) is 3.99. The highest BCUT2D eigenvalue weighted by Crippen LogP contribution is 2.29. The van der Waals surface area contributed by atoms with E-state index in [0.29, 0.717) is 6.04 Å². The van der Waals surface area contributed by atoms with Crippen LogP contribution in [0.15, 0.2) is 60.7 Å². The largest absolute Gasteiger partial charge is 0.481 e. The Hall–Kier alpha value is -2.13. The van der Waals surface area contributed by atoms with E-state index in [1.807, 2.05) is 12.1 Å². The summed E-state index contributed by atoms with van der Waals surface area (Å²) < 4.78 is 0. The minimum Gasteiger partial charge on any atom is -0.481 e. The van der Waals surface area contributed by atoms with Crippen molar-refractivity contribution >= 4 is 5.97 Å². The van der Waals surface area contributed by atoms with Crippen LogP contribution in [0.4, 0.5) is 0 Å². The molecule has 0 amide bonds. The molecule has 1 heterocycles. The van der Waals surface area contributed by atoms with Crippen LogP contribution in [0, 0.1) is 5.92 Å². The lowest BCUT2D eigenvalue weighted by atomic mass is 9.92. The molecular weight excluding hydrogens is 286 g/mol. The Labute approximate surface area is 137 Å². The van der Waals surface area contributed by atoms with Crippen molar-refractivity contribution in [2.45, 2.75) is 25.3 Å². The summed E-state index contributed by atoms with van der Waals surface area (Å²) in [5.74, 6) is -0.830. The van der Waals surface area contributed by atoms with Crippen molar-refractivity contribution in [2.75, 3.05) is 13.1 Å². The maximum atomic E-state index is 11.2. The minimum atomic E-state index is -0.649. The van der Waals surface area contributed by atoms with Crippen LogP contribution in [-0.4, -0.2) is 29.1 Å². The van der Waals surface area contributed by atoms with Gasteiger partial charge in [0.05, 0.1) is 5.92 Å². The van der Waals surface area contributed by atoms with Crippen LogP contribution in [0.5, 0.6) is 0 Å². The highest BCUT2D eigenvalue weighted by molar-refractivity contribution is 5.70.